The van der Waals surface area contributed by atoms with E-state index in [4.69, 9.17) is 10.5 Å². The summed E-state index contributed by atoms with van der Waals surface area (Å²) >= 11 is 0. The molecule has 1 aliphatic rings. The molecule has 4 nitrogen and oxygen atoms in total. The first-order valence-electron chi connectivity index (χ1n) is 7.92. The van der Waals surface area contributed by atoms with Crippen LogP contribution in [0.5, 0.6) is 0 Å². The summed E-state index contributed by atoms with van der Waals surface area (Å²) in [6.07, 6.45) is -3.84. The quantitative estimate of drug-likeness (QED) is 0.823. The third kappa shape index (κ3) is 4.05. The molecule has 0 aromatic heterocycles. The molecule has 0 spiro atoms. The predicted molar refractivity (Wildman–Crippen MR) is 84.3 cm³/mol. The van der Waals surface area contributed by atoms with Crippen LogP contribution in [0, 0.1) is 5.82 Å². The van der Waals surface area contributed by atoms with E-state index in [9.17, 15) is 22.4 Å². The van der Waals surface area contributed by atoms with Gasteiger partial charge in [0.05, 0.1) is 18.2 Å². The molecule has 0 aliphatic heterocycles. The van der Waals surface area contributed by atoms with E-state index >= 15 is 0 Å². The van der Waals surface area contributed by atoms with Crippen molar-refractivity contribution in [1.82, 2.24) is 4.90 Å². The zero-order valence-electron chi connectivity index (χ0n) is 14.4. The summed E-state index contributed by atoms with van der Waals surface area (Å²) in [7, 11) is 1.19. The van der Waals surface area contributed by atoms with E-state index < -0.39 is 34.7 Å². The van der Waals surface area contributed by atoms with Gasteiger partial charge in [-0.15, -0.1) is 0 Å². The van der Waals surface area contributed by atoms with Crippen LogP contribution in [0.1, 0.15) is 44.2 Å². The van der Waals surface area contributed by atoms with Crippen LogP contribution in [-0.4, -0.2) is 30.2 Å². The molecular formula is C17H22F4N2O2. The summed E-state index contributed by atoms with van der Waals surface area (Å²) in [6.45, 7) is 3.46. The number of hydrogen-bond donors (Lipinski definition) is 1. The first-order valence-corrected chi connectivity index (χ1v) is 7.92. The summed E-state index contributed by atoms with van der Waals surface area (Å²) in [4.78, 5) is 13.6. The number of nitrogens with zero attached hydrogens (tertiary/aromatic N) is 1. The number of carbonyl (C=O) groups is 1. The van der Waals surface area contributed by atoms with Gasteiger partial charge in [-0.2, -0.15) is 13.2 Å². The number of alkyl halides is 3. The molecule has 0 saturated heterocycles. The molecule has 0 atom stereocenters. The Morgan fingerprint density at radius 3 is 2.28 bits per heavy atom. The number of hydrogen-bond acceptors (Lipinski definition) is 3. The number of rotatable bonds is 4. The second-order valence-corrected chi connectivity index (χ2v) is 7.16. The van der Waals surface area contributed by atoms with Crippen molar-refractivity contribution in [3.63, 3.8) is 0 Å². The first kappa shape index (κ1) is 19.5. The van der Waals surface area contributed by atoms with Gasteiger partial charge in [0, 0.05) is 12.1 Å². The largest absolute Gasteiger partial charge is 0.453 e. The zero-order chi connectivity index (χ0) is 19.0. The lowest BCUT2D eigenvalue weighted by molar-refractivity contribution is -0.138. The maximum Gasteiger partial charge on any atom is 0.416 e. The van der Waals surface area contributed by atoms with E-state index in [1.54, 1.807) is 13.8 Å². The lowest BCUT2D eigenvalue weighted by atomic mass is 9.69. The second-order valence-electron chi connectivity index (χ2n) is 7.16. The fourth-order valence-electron chi connectivity index (χ4n) is 3.16. The molecule has 1 aromatic carbocycles. The number of benzene rings is 1. The fraction of sp³-hybridized carbons (Fsp3) is 0.588. The van der Waals surface area contributed by atoms with E-state index in [0.717, 1.165) is 12.1 Å². The number of nitrogens with two attached hydrogens (primary N) is 1. The maximum absolute atomic E-state index is 13.9. The molecule has 0 bridgehead atoms. The third-order valence-corrected chi connectivity index (χ3v) is 4.42. The van der Waals surface area contributed by atoms with E-state index in [-0.39, 0.29) is 12.1 Å². The molecule has 2 rings (SSSR count). The number of ether oxygens (including phenoxy) is 1. The summed E-state index contributed by atoms with van der Waals surface area (Å²) in [5, 5.41) is 0. The van der Waals surface area contributed by atoms with Gasteiger partial charge >= 0.3 is 12.3 Å². The van der Waals surface area contributed by atoms with Gasteiger partial charge in [-0.1, -0.05) is 0 Å². The molecule has 140 valence electrons. The molecule has 1 amide bonds. The second kappa shape index (κ2) is 6.48. The van der Waals surface area contributed by atoms with Crippen molar-refractivity contribution in [2.45, 2.75) is 50.4 Å². The van der Waals surface area contributed by atoms with Gasteiger partial charge in [-0.05, 0) is 56.9 Å². The van der Waals surface area contributed by atoms with Crippen molar-refractivity contribution in [2.75, 3.05) is 13.7 Å². The SMILES string of the molecule is COC(=O)N(CC(C)(C)N)C1(c2cc(F)cc(C(F)(F)F)c2)CCC1. The topological polar surface area (TPSA) is 55.6 Å². The van der Waals surface area contributed by atoms with Gasteiger partial charge < -0.3 is 10.5 Å². The van der Waals surface area contributed by atoms with Crippen molar-refractivity contribution >= 4 is 6.09 Å². The number of methoxy groups -OCH3 is 1. The zero-order valence-corrected chi connectivity index (χ0v) is 14.4. The van der Waals surface area contributed by atoms with Crippen LogP contribution in [0.4, 0.5) is 22.4 Å². The van der Waals surface area contributed by atoms with Crippen molar-refractivity contribution in [1.29, 1.82) is 0 Å². The van der Waals surface area contributed by atoms with Gasteiger partial charge in [-0.3, -0.25) is 4.90 Å². The molecule has 1 fully saturated rings. The van der Waals surface area contributed by atoms with Gasteiger partial charge in [0.15, 0.2) is 0 Å². The van der Waals surface area contributed by atoms with Gasteiger partial charge in [0.25, 0.3) is 0 Å². The molecule has 0 radical (unpaired) electrons. The van der Waals surface area contributed by atoms with Crippen LogP contribution in [0.25, 0.3) is 0 Å². The standard InChI is InChI=1S/C17H22F4N2O2/c1-15(2,22)10-23(14(24)25-3)16(5-4-6-16)11-7-12(17(19,20)21)9-13(18)8-11/h7-9H,4-6,10,22H2,1-3H3. The van der Waals surface area contributed by atoms with Gasteiger partial charge in [-0.25, -0.2) is 9.18 Å². The van der Waals surface area contributed by atoms with Crippen molar-refractivity contribution < 1.29 is 27.1 Å². The smallest absolute Gasteiger partial charge is 0.416 e. The average molecular weight is 362 g/mol. The summed E-state index contributed by atoms with van der Waals surface area (Å²) in [5.74, 6) is -0.993. The third-order valence-electron chi connectivity index (χ3n) is 4.42. The Bertz CT molecular complexity index is 649. The Hall–Kier alpha value is -1.83. The summed E-state index contributed by atoms with van der Waals surface area (Å²) in [6, 6.07) is 2.40. The fourth-order valence-corrected chi connectivity index (χ4v) is 3.16. The van der Waals surface area contributed by atoms with Crippen molar-refractivity contribution in [3.05, 3.63) is 35.1 Å². The summed E-state index contributed by atoms with van der Waals surface area (Å²) < 4.78 is 57.9. The number of halogens is 4. The minimum absolute atomic E-state index is 0.0670. The highest BCUT2D eigenvalue weighted by molar-refractivity contribution is 5.69. The highest BCUT2D eigenvalue weighted by Crippen LogP contribution is 2.48. The predicted octanol–water partition coefficient (Wildman–Crippen LogP) is 4.03. The van der Waals surface area contributed by atoms with Crippen LogP contribution >= 0.6 is 0 Å². The lowest BCUT2D eigenvalue weighted by Crippen LogP contribution is -2.59. The molecule has 1 aromatic rings. The molecule has 2 N–H and O–H groups in total. The number of carbonyl (C=O) groups excluding carboxylic acids is 1. The van der Waals surface area contributed by atoms with E-state index in [0.29, 0.717) is 25.3 Å². The van der Waals surface area contributed by atoms with Crippen LogP contribution in [0.3, 0.4) is 0 Å². The molecular weight excluding hydrogens is 340 g/mol. The van der Waals surface area contributed by atoms with Crippen LogP contribution in [0.2, 0.25) is 0 Å². The van der Waals surface area contributed by atoms with Gasteiger partial charge in [0.2, 0.25) is 0 Å². The molecule has 1 saturated carbocycles. The Kier molecular flexibility index (Phi) is 5.05. The monoisotopic (exact) mass is 362 g/mol. The van der Waals surface area contributed by atoms with Crippen LogP contribution < -0.4 is 5.73 Å². The summed E-state index contributed by atoms with van der Waals surface area (Å²) in [5.41, 5.74) is 3.20. The normalized spacial score (nSPS) is 17.0. The van der Waals surface area contributed by atoms with Crippen molar-refractivity contribution in [2.24, 2.45) is 5.73 Å². The Labute approximate surface area is 143 Å². The minimum Gasteiger partial charge on any atom is -0.453 e. The molecule has 0 heterocycles. The Morgan fingerprint density at radius 1 is 1.28 bits per heavy atom. The lowest BCUT2D eigenvalue weighted by Gasteiger charge is -2.51. The van der Waals surface area contributed by atoms with E-state index in [1.807, 2.05) is 0 Å². The average Bonchev–Trinajstić information content (AvgIpc) is 2.41. The van der Waals surface area contributed by atoms with E-state index in [2.05, 4.69) is 0 Å². The first-order chi connectivity index (χ1) is 11.4. The molecule has 8 heteroatoms. The van der Waals surface area contributed by atoms with Crippen molar-refractivity contribution in [3.8, 4) is 0 Å². The molecule has 25 heavy (non-hydrogen) atoms. The van der Waals surface area contributed by atoms with Gasteiger partial charge in [0.1, 0.15) is 5.82 Å². The highest BCUT2D eigenvalue weighted by Gasteiger charge is 2.49. The molecule has 0 unspecified atom stereocenters. The van der Waals surface area contributed by atoms with Crippen LogP contribution in [0.15, 0.2) is 18.2 Å². The van der Waals surface area contributed by atoms with Crippen LogP contribution in [-0.2, 0) is 16.5 Å². The number of amides is 1. The maximum atomic E-state index is 13.9. The van der Waals surface area contributed by atoms with E-state index in [1.165, 1.54) is 12.0 Å². The molecule has 1 aliphatic carbocycles. The highest BCUT2D eigenvalue weighted by atomic mass is 19.4. The Morgan fingerprint density at radius 2 is 1.88 bits per heavy atom. The minimum atomic E-state index is -4.68. The Balaban J connectivity index is 2.55.